The monoisotopic (exact) mass is 541 g/mol. The van der Waals surface area contributed by atoms with Crippen molar-refractivity contribution in [3.8, 4) is 5.75 Å². The number of aliphatic hydroxyl groups is 1. The molecule has 1 unspecified atom stereocenters. The molecule has 2 N–H and O–H groups in total. The lowest BCUT2D eigenvalue weighted by Crippen LogP contribution is -2.52. The second-order valence-electron chi connectivity index (χ2n) is 9.43. The zero-order valence-corrected chi connectivity index (χ0v) is 22.7. The van der Waals surface area contributed by atoms with Crippen LogP contribution in [0.15, 0.2) is 84.0 Å². The van der Waals surface area contributed by atoms with Gasteiger partial charge in [-0.3, -0.25) is 10.3 Å². The zero-order chi connectivity index (χ0) is 27.6. The first-order chi connectivity index (χ1) is 18.1. The molecule has 0 saturated heterocycles. The summed E-state index contributed by atoms with van der Waals surface area (Å²) in [5, 5.41) is 14.1. The van der Waals surface area contributed by atoms with Crippen LogP contribution in [0.4, 0.5) is 4.79 Å². The topological polar surface area (TPSA) is 118 Å². The van der Waals surface area contributed by atoms with Crippen LogP contribution in [0.2, 0.25) is 0 Å². The zero-order valence-electron chi connectivity index (χ0n) is 21.9. The van der Waals surface area contributed by atoms with Gasteiger partial charge in [0.05, 0.1) is 12.0 Å². The van der Waals surface area contributed by atoms with Crippen LogP contribution in [0, 0.1) is 5.92 Å². The molecule has 0 saturated carbocycles. The van der Waals surface area contributed by atoms with Gasteiger partial charge in [0, 0.05) is 38.3 Å². The number of aromatic nitrogens is 1. The van der Waals surface area contributed by atoms with Gasteiger partial charge in [0.2, 0.25) is 10.0 Å². The van der Waals surface area contributed by atoms with E-state index < -0.39 is 21.8 Å². The molecule has 10 heteroatoms. The number of carbonyl (C=O) groups excluding carboxylic acids is 1. The number of amides is 1. The van der Waals surface area contributed by atoms with E-state index in [1.807, 2.05) is 44.2 Å². The van der Waals surface area contributed by atoms with Gasteiger partial charge in [-0.2, -0.15) is 4.31 Å². The van der Waals surface area contributed by atoms with Gasteiger partial charge in [-0.25, -0.2) is 13.2 Å². The molecule has 9 nitrogen and oxygen atoms in total. The van der Waals surface area contributed by atoms with Gasteiger partial charge < -0.3 is 14.6 Å². The summed E-state index contributed by atoms with van der Waals surface area (Å²) < 4.78 is 38.8. The SMILES string of the molecule is COc1ccc(S(=O)(=O)N(CCC(O)(Cc2ccccc2)NC(=O)OCc2ccncc2)CC(C)C)cc1. The van der Waals surface area contributed by atoms with E-state index in [1.54, 1.807) is 36.7 Å². The number of methoxy groups -OCH3 is 1. The number of hydrogen-bond acceptors (Lipinski definition) is 7. The summed E-state index contributed by atoms with van der Waals surface area (Å²) in [5.41, 5.74) is -0.241. The first-order valence-electron chi connectivity index (χ1n) is 12.4. The number of nitrogens with zero attached hydrogens (tertiary/aromatic N) is 2. The van der Waals surface area contributed by atoms with Crippen molar-refractivity contribution >= 4 is 16.1 Å². The summed E-state index contributed by atoms with van der Waals surface area (Å²) >= 11 is 0. The fourth-order valence-corrected chi connectivity index (χ4v) is 5.51. The highest BCUT2D eigenvalue weighted by molar-refractivity contribution is 7.89. The molecule has 38 heavy (non-hydrogen) atoms. The summed E-state index contributed by atoms with van der Waals surface area (Å²) in [6.07, 6.45) is 2.38. The van der Waals surface area contributed by atoms with Crippen LogP contribution in [0.5, 0.6) is 5.75 Å². The fourth-order valence-electron chi connectivity index (χ4n) is 3.91. The Labute approximate surface area is 224 Å². The molecule has 204 valence electrons. The minimum absolute atomic E-state index is 0.00108. The Morgan fingerprint density at radius 1 is 1.03 bits per heavy atom. The molecule has 1 amide bonds. The minimum Gasteiger partial charge on any atom is -0.497 e. The van der Waals surface area contributed by atoms with Crippen molar-refractivity contribution < 1.29 is 27.8 Å². The number of alkyl carbamates (subject to hydrolysis) is 1. The highest BCUT2D eigenvalue weighted by Gasteiger charge is 2.34. The van der Waals surface area contributed by atoms with Crippen LogP contribution in [0.25, 0.3) is 0 Å². The van der Waals surface area contributed by atoms with Gasteiger partial charge in [-0.05, 0) is 53.4 Å². The molecule has 1 atom stereocenters. The van der Waals surface area contributed by atoms with E-state index in [0.717, 1.165) is 11.1 Å². The number of carbonyl (C=O) groups is 1. The van der Waals surface area contributed by atoms with E-state index in [-0.39, 0.29) is 43.4 Å². The van der Waals surface area contributed by atoms with Crippen molar-refractivity contribution in [2.75, 3.05) is 20.2 Å². The predicted octanol–water partition coefficient (Wildman–Crippen LogP) is 3.98. The molecule has 0 spiro atoms. The molecule has 0 radical (unpaired) electrons. The lowest BCUT2D eigenvalue weighted by Gasteiger charge is -2.32. The Kier molecular flexibility index (Phi) is 10.2. The van der Waals surface area contributed by atoms with Gasteiger partial charge in [0.1, 0.15) is 18.1 Å². The molecule has 1 heterocycles. The quantitative estimate of drug-likeness (QED) is 0.314. The Balaban J connectivity index is 1.79. The Bertz CT molecular complexity index is 1250. The van der Waals surface area contributed by atoms with Crippen LogP contribution in [-0.4, -0.2) is 54.8 Å². The second-order valence-corrected chi connectivity index (χ2v) is 11.4. The third-order valence-corrected chi connectivity index (χ3v) is 7.71. The highest BCUT2D eigenvalue weighted by Crippen LogP contribution is 2.23. The largest absolute Gasteiger partial charge is 0.497 e. The minimum atomic E-state index is -3.87. The number of rotatable bonds is 13. The fraction of sp³-hybridized carbons (Fsp3) is 0.357. The van der Waals surface area contributed by atoms with Gasteiger partial charge in [-0.15, -0.1) is 0 Å². The maximum Gasteiger partial charge on any atom is 0.409 e. The summed E-state index contributed by atoms with van der Waals surface area (Å²) in [6.45, 7) is 4.05. The molecule has 0 aliphatic carbocycles. The van der Waals surface area contributed by atoms with Crippen LogP contribution < -0.4 is 10.1 Å². The Morgan fingerprint density at radius 3 is 2.29 bits per heavy atom. The van der Waals surface area contributed by atoms with Crippen molar-refractivity contribution in [3.63, 3.8) is 0 Å². The molecule has 0 bridgehead atoms. The van der Waals surface area contributed by atoms with Crippen LogP contribution >= 0.6 is 0 Å². The van der Waals surface area contributed by atoms with E-state index in [1.165, 1.54) is 23.5 Å². The first kappa shape index (κ1) is 29.1. The molecule has 2 aromatic carbocycles. The summed E-state index contributed by atoms with van der Waals surface area (Å²) in [7, 11) is -2.36. The van der Waals surface area contributed by atoms with E-state index in [9.17, 15) is 18.3 Å². The van der Waals surface area contributed by atoms with Gasteiger partial charge in [0.15, 0.2) is 0 Å². The average Bonchev–Trinajstić information content (AvgIpc) is 2.90. The Hall–Kier alpha value is -3.47. The maximum atomic E-state index is 13.5. The molecule has 0 fully saturated rings. The summed E-state index contributed by atoms with van der Waals surface area (Å²) in [4.78, 5) is 16.7. The van der Waals surface area contributed by atoms with Gasteiger partial charge >= 0.3 is 6.09 Å². The molecular weight excluding hydrogens is 506 g/mol. The maximum absolute atomic E-state index is 13.5. The standard InChI is InChI=1S/C28H35N3O6S/c1-22(2)20-31(38(34,35)26-11-9-25(36-3)10-12-26)18-15-28(33,19-23-7-5-4-6-8-23)30-27(32)37-21-24-13-16-29-17-14-24/h4-14,16-17,22,33H,15,18-21H2,1-3H3,(H,30,32). The number of sulfonamides is 1. The van der Waals surface area contributed by atoms with Crippen molar-refractivity contribution in [2.24, 2.45) is 5.92 Å². The highest BCUT2D eigenvalue weighted by atomic mass is 32.2. The van der Waals surface area contributed by atoms with Crippen LogP contribution in [0.1, 0.15) is 31.4 Å². The summed E-state index contributed by atoms with van der Waals surface area (Å²) in [5.74, 6) is 0.578. The third kappa shape index (κ3) is 8.54. The van der Waals surface area contributed by atoms with Crippen molar-refractivity contribution in [1.82, 2.24) is 14.6 Å². The van der Waals surface area contributed by atoms with E-state index in [0.29, 0.717) is 5.75 Å². The van der Waals surface area contributed by atoms with Crippen molar-refractivity contribution in [2.45, 2.75) is 43.9 Å². The number of pyridine rings is 1. The van der Waals surface area contributed by atoms with E-state index in [2.05, 4.69) is 10.3 Å². The van der Waals surface area contributed by atoms with Crippen molar-refractivity contribution in [3.05, 3.63) is 90.3 Å². The second kappa shape index (κ2) is 13.4. The number of nitrogens with one attached hydrogen (secondary N) is 1. The first-order valence-corrected chi connectivity index (χ1v) is 13.8. The number of hydrogen-bond donors (Lipinski definition) is 2. The van der Waals surface area contributed by atoms with E-state index >= 15 is 0 Å². The third-order valence-electron chi connectivity index (χ3n) is 5.83. The summed E-state index contributed by atoms with van der Waals surface area (Å²) in [6, 6.07) is 18.8. The normalized spacial score (nSPS) is 13.2. The van der Waals surface area contributed by atoms with Crippen LogP contribution in [-0.2, 0) is 27.8 Å². The molecule has 3 aromatic rings. The molecule has 0 aliphatic rings. The van der Waals surface area contributed by atoms with Gasteiger partial charge in [-0.1, -0.05) is 44.2 Å². The van der Waals surface area contributed by atoms with Crippen molar-refractivity contribution in [1.29, 1.82) is 0 Å². The lowest BCUT2D eigenvalue weighted by atomic mass is 9.99. The molecule has 0 aliphatic heterocycles. The Morgan fingerprint density at radius 2 is 1.68 bits per heavy atom. The number of ether oxygens (including phenoxy) is 2. The lowest BCUT2D eigenvalue weighted by molar-refractivity contribution is -0.00773. The van der Waals surface area contributed by atoms with Crippen LogP contribution in [0.3, 0.4) is 0 Å². The average molecular weight is 542 g/mol. The van der Waals surface area contributed by atoms with E-state index in [4.69, 9.17) is 9.47 Å². The predicted molar refractivity (Wildman–Crippen MR) is 144 cm³/mol. The van der Waals surface area contributed by atoms with Gasteiger partial charge in [0.25, 0.3) is 0 Å². The molecule has 3 rings (SSSR count). The smallest absolute Gasteiger partial charge is 0.409 e. The molecular formula is C28H35N3O6S. The number of benzene rings is 2. The molecule has 1 aromatic heterocycles.